The molecular formula is C79H68ClF4N17O4U. The molecule has 0 spiro atoms. The van der Waals surface area contributed by atoms with Crippen molar-refractivity contribution in [2.75, 3.05) is 28.0 Å². The summed E-state index contributed by atoms with van der Waals surface area (Å²) in [4.78, 5) is 76.8. The maximum Gasteiger partial charge on any atom is 0.337 e. The smallest absolute Gasteiger partial charge is 0.337 e. The summed E-state index contributed by atoms with van der Waals surface area (Å²) in [5.41, 5.74) is 16.7. The third-order valence-electron chi connectivity index (χ3n) is 14.7. The molecule has 1 amide bonds. The first-order chi connectivity index (χ1) is 50.2. The number of esters is 1. The Balaban J connectivity index is 0.000000195. The van der Waals surface area contributed by atoms with Crippen LogP contribution in [0.25, 0.3) is 44.5 Å². The van der Waals surface area contributed by atoms with E-state index in [1.807, 2.05) is 64.4 Å². The van der Waals surface area contributed by atoms with E-state index >= 15 is 0 Å². The molecule has 5 N–H and O–H groups in total. The molecule has 8 aromatic heterocycles. The molecule has 106 heavy (non-hydrogen) atoms. The number of nitrogens with zero attached hydrogens (tertiary/aromatic N) is 14. The van der Waals surface area contributed by atoms with Crippen molar-refractivity contribution < 1.29 is 68.2 Å². The first-order valence-corrected chi connectivity index (χ1v) is 31.5. The van der Waals surface area contributed by atoms with Crippen molar-refractivity contribution in [2.45, 2.75) is 27.9 Å². The van der Waals surface area contributed by atoms with Crippen LogP contribution in [0.1, 0.15) is 46.7 Å². The van der Waals surface area contributed by atoms with Crippen molar-refractivity contribution in [3.05, 3.63) is 344 Å². The number of amides is 1. The number of rotatable bonds is 16. The molecule has 14 aromatic rings. The van der Waals surface area contributed by atoms with E-state index in [2.05, 4.69) is 65.1 Å². The minimum absolute atomic E-state index is 0. The van der Waals surface area contributed by atoms with E-state index < -0.39 is 5.91 Å². The van der Waals surface area contributed by atoms with Gasteiger partial charge in [-0.15, -0.1) is 0 Å². The minimum atomic E-state index is -0.578. The van der Waals surface area contributed by atoms with Gasteiger partial charge in [-0.1, -0.05) is 99.3 Å². The van der Waals surface area contributed by atoms with Crippen LogP contribution in [0.5, 0.6) is 0 Å². The van der Waals surface area contributed by atoms with Crippen molar-refractivity contribution in [3.63, 3.8) is 0 Å². The van der Waals surface area contributed by atoms with Gasteiger partial charge in [-0.05, 0) is 177 Å². The van der Waals surface area contributed by atoms with Crippen LogP contribution in [0.4, 0.5) is 58.3 Å². The summed E-state index contributed by atoms with van der Waals surface area (Å²) in [6, 6.07) is 54.0. The number of hydrogen-bond donors (Lipinski definition) is 4. The third-order valence-corrected chi connectivity index (χ3v) is 14.9. The van der Waals surface area contributed by atoms with Gasteiger partial charge in [0.05, 0.1) is 50.6 Å². The molecule has 0 aliphatic carbocycles. The molecule has 14 rings (SSSR count). The van der Waals surface area contributed by atoms with Crippen LogP contribution in [0.15, 0.2) is 293 Å². The Bertz CT molecular complexity index is 4790. The molecule has 27 heteroatoms. The van der Waals surface area contributed by atoms with Crippen LogP contribution in [0, 0.1) is 54.4 Å². The van der Waals surface area contributed by atoms with Crippen LogP contribution in [-0.2, 0) is 17.8 Å². The Morgan fingerprint density at radius 1 is 0.406 bits per heavy atom. The van der Waals surface area contributed by atoms with Crippen molar-refractivity contribution in [3.8, 4) is 44.5 Å². The van der Waals surface area contributed by atoms with E-state index in [0.717, 1.165) is 55.6 Å². The van der Waals surface area contributed by atoms with Crippen LogP contribution in [0.2, 0.25) is 5.15 Å². The average Bonchev–Trinajstić information content (AvgIpc) is 0.818. The fourth-order valence-electron chi connectivity index (χ4n) is 9.60. The number of hydrogen-bond acceptors (Lipinski definition) is 20. The standard InChI is InChI=1S/C24H19FN4O2.C23H18FN5O2.C15H11FN4.C11H7ClFN.C4H5N3.2CH4.U/c1-31-24(30)19-4-2-17(3-5-19)16-29(23-15-26-12-13-28-23)22-14-20(10-11-27-22)18-6-8-21(25)9-7-18;24-20-7-5-17(6-8-20)19-9-10-26-21(13-19)29(22-14-25-11-12-27-22)15-16-1-3-18(4-2-16)23(30)28-31;16-13-3-1-11(2-4-13)12-5-6-18-14(9-12)20-15-10-17-7-8-19-15;12-11-7-9(5-6-14-11)8-1-3-10(13)4-2-8;5-4-3-6-1-2-7-4;;;/h2-15H,16H2,1H3;1-14,31H,15H2,(H,28,30);1-10H,(H,18,19,20);1-7H;1-3H,(H2,5,7);2*1H4;. The number of ether oxygens (including phenoxy) is 1. The van der Waals surface area contributed by atoms with Crippen LogP contribution >= 0.6 is 11.6 Å². The van der Waals surface area contributed by atoms with E-state index in [4.69, 9.17) is 27.3 Å². The second kappa shape index (κ2) is 41.5. The normalized spacial score (nSPS) is 9.99. The molecule has 6 aromatic carbocycles. The van der Waals surface area contributed by atoms with Gasteiger partial charge in [0.15, 0.2) is 11.6 Å². The van der Waals surface area contributed by atoms with Crippen LogP contribution < -0.4 is 26.3 Å². The number of methoxy groups -OCH3 is 1. The Hall–Kier alpha value is -12.6. The van der Waals surface area contributed by atoms with Gasteiger partial charge >= 0.3 is 5.97 Å². The third kappa shape index (κ3) is 24.3. The summed E-state index contributed by atoms with van der Waals surface area (Å²) in [7, 11) is 1.35. The molecule has 532 valence electrons. The minimum Gasteiger partial charge on any atom is -0.465 e. The molecule has 0 unspecified atom stereocenters. The molecule has 0 fully saturated rings. The van der Waals surface area contributed by atoms with Crippen molar-refractivity contribution in [2.24, 2.45) is 0 Å². The van der Waals surface area contributed by atoms with Crippen molar-refractivity contribution >= 4 is 64.2 Å². The van der Waals surface area contributed by atoms with Crippen molar-refractivity contribution in [1.29, 1.82) is 0 Å². The molecular weight excluding hydrogens is 1600 g/mol. The van der Waals surface area contributed by atoms with Gasteiger partial charge in [-0.3, -0.25) is 29.9 Å². The number of nitrogen functional groups attached to an aromatic ring is 1. The van der Waals surface area contributed by atoms with Gasteiger partial charge in [0.25, 0.3) is 5.91 Å². The number of carbonyl (C=O) groups is 2. The monoisotopic (exact) mass is 1670 g/mol. The molecule has 0 aliphatic heterocycles. The number of aromatic nitrogens is 12. The van der Waals surface area contributed by atoms with Gasteiger partial charge < -0.3 is 25.6 Å². The van der Waals surface area contributed by atoms with E-state index in [1.54, 1.807) is 189 Å². The Morgan fingerprint density at radius 2 is 0.764 bits per heavy atom. The second-order valence-electron chi connectivity index (χ2n) is 21.6. The number of halogens is 5. The first kappa shape index (κ1) is 80.7. The van der Waals surface area contributed by atoms with E-state index in [9.17, 15) is 27.2 Å². The summed E-state index contributed by atoms with van der Waals surface area (Å²) in [6.45, 7) is 0.875. The largest absolute Gasteiger partial charge is 0.465 e. The molecule has 0 aliphatic rings. The quantitative estimate of drug-likeness (QED) is 0.0230. The fourth-order valence-corrected chi connectivity index (χ4v) is 9.78. The van der Waals surface area contributed by atoms with Gasteiger partial charge in [-0.25, -0.2) is 67.7 Å². The summed E-state index contributed by atoms with van der Waals surface area (Å²) in [5, 5.41) is 12.3. The van der Waals surface area contributed by atoms with Gasteiger partial charge in [0, 0.05) is 111 Å². The fraction of sp³-hybridized carbons (Fsp3) is 0.0633. The maximum atomic E-state index is 13.3. The number of hydroxylamine groups is 1. The molecule has 0 bridgehead atoms. The van der Waals surface area contributed by atoms with Crippen LogP contribution in [0.3, 0.4) is 0 Å². The number of nitrogens with two attached hydrogens (primary N) is 1. The molecule has 0 radical (unpaired) electrons. The van der Waals surface area contributed by atoms with Gasteiger partial charge in [-0.2, -0.15) is 0 Å². The number of pyridine rings is 4. The molecule has 8 heterocycles. The molecule has 21 nitrogen and oxygen atoms in total. The Morgan fingerprint density at radius 3 is 1.12 bits per heavy atom. The predicted molar refractivity (Wildman–Crippen MR) is 398 cm³/mol. The zero-order valence-corrected chi connectivity index (χ0v) is 59.9. The van der Waals surface area contributed by atoms with E-state index in [1.165, 1.54) is 61.8 Å². The SMILES string of the molecule is C.C.COC(=O)c1ccc(CN(c2cnccn2)c2cc(-c3ccc(F)cc3)ccn2)cc1.Fc1ccc(-c2ccnc(Cl)c2)cc1.Fc1ccc(-c2ccnc(Nc3cnccn3)c2)cc1.Nc1cnccn1.O=C(NO)c1ccc(CN(c2cnccn2)c2cc(-c3ccc(F)cc3)ccn2)cc1.[U]. The maximum absolute atomic E-state index is 13.3. The van der Waals surface area contributed by atoms with Crippen molar-refractivity contribution in [1.82, 2.24) is 65.3 Å². The number of carbonyl (C=O) groups excluding carboxylic acids is 2. The Labute approximate surface area is 637 Å². The predicted octanol–water partition coefficient (Wildman–Crippen LogP) is 17.2. The topological polar surface area (TPSA) is 275 Å². The summed E-state index contributed by atoms with van der Waals surface area (Å²) >= 11 is 5.74. The summed E-state index contributed by atoms with van der Waals surface area (Å²) in [5.74, 6) is 2.25. The molecule has 0 atom stereocenters. The molecule has 0 saturated heterocycles. The second-order valence-corrected chi connectivity index (χ2v) is 22.0. The van der Waals surface area contributed by atoms with E-state index in [-0.39, 0.29) is 75.2 Å². The van der Waals surface area contributed by atoms with Gasteiger partial charge in [0.2, 0.25) is 0 Å². The number of benzene rings is 6. The zero-order chi connectivity index (χ0) is 72.1. The van der Waals surface area contributed by atoms with Gasteiger partial charge in [0.1, 0.15) is 57.5 Å². The number of anilines is 7. The van der Waals surface area contributed by atoms with Crippen LogP contribution in [-0.4, -0.2) is 84.0 Å². The summed E-state index contributed by atoms with van der Waals surface area (Å²) < 4.78 is 56.9. The first-order valence-electron chi connectivity index (χ1n) is 31.1. The zero-order valence-electron chi connectivity index (χ0n) is 55.0. The summed E-state index contributed by atoms with van der Waals surface area (Å²) in [6.07, 6.45) is 25.9. The average molecular weight is 1670 g/mol. The Kier molecular flexibility index (Phi) is 31.6. The molecule has 0 saturated carbocycles. The van der Waals surface area contributed by atoms with E-state index in [0.29, 0.717) is 70.1 Å². The number of nitrogens with one attached hydrogen (secondary N) is 2.